The normalized spacial score (nSPS) is 17.7. The van der Waals surface area contributed by atoms with Crippen LogP contribution in [0.1, 0.15) is 53.3 Å². The number of amides is 1. The van der Waals surface area contributed by atoms with Gasteiger partial charge in [0.05, 0.1) is 11.0 Å². The SMILES string of the molecule is CN(C)C(=O)c1cccc(S(=O)(=O)N2CCS[C@H]2C(=O)O[C@@H](Cc2c(Cl)c[n+]([O-])cc2Cl)c2ccc(OC(F)F)c(OC3CCCC3)c2)c1. The lowest BCUT2D eigenvalue weighted by Gasteiger charge is -2.26. The first-order valence-corrected chi connectivity index (χ1v) is 18.5. The molecule has 2 heterocycles. The molecule has 1 aromatic heterocycles. The molecule has 1 saturated carbocycles. The fraction of sp³-hybridized carbons (Fsp3) is 0.406. The van der Waals surface area contributed by atoms with Gasteiger partial charge in [0.15, 0.2) is 29.3 Å². The minimum absolute atomic E-state index is 0.0117. The Bertz CT molecular complexity index is 1790. The molecule has 2 aliphatic rings. The number of aromatic nitrogens is 1. The molecule has 0 unspecified atom stereocenters. The highest BCUT2D eigenvalue weighted by Crippen LogP contribution is 2.39. The minimum atomic E-state index is -4.28. The van der Waals surface area contributed by atoms with Crippen molar-refractivity contribution in [1.82, 2.24) is 9.21 Å². The van der Waals surface area contributed by atoms with E-state index < -0.39 is 40.0 Å². The zero-order chi connectivity index (χ0) is 35.5. The Morgan fingerprint density at radius 2 is 1.78 bits per heavy atom. The first-order valence-electron chi connectivity index (χ1n) is 15.2. The van der Waals surface area contributed by atoms with E-state index in [1.54, 1.807) is 14.1 Å². The van der Waals surface area contributed by atoms with Crippen LogP contribution in [0.15, 0.2) is 59.8 Å². The van der Waals surface area contributed by atoms with Crippen molar-refractivity contribution in [1.29, 1.82) is 0 Å². The topological polar surface area (TPSA) is 129 Å². The van der Waals surface area contributed by atoms with Crippen molar-refractivity contribution >= 4 is 56.9 Å². The van der Waals surface area contributed by atoms with Crippen molar-refractivity contribution in [3.8, 4) is 11.5 Å². The Labute approximate surface area is 296 Å². The summed E-state index contributed by atoms with van der Waals surface area (Å²) in [4.78, 5) is 27.6. The molecule has 2 fully saturated rings. The average Bonchev–Trinajstić information content (AvgIpc) is 3.76. The predicted octanol–water partition coefficient (Wildman–Crippen LogP) is 5.84. The first kappa shape index (κ1) is 36.9. The maximum atomic E-state index is 13.9. The van der Waals surface area contributed by atoms with Gasteiger partial charge >= 0.3 is 12.6 Å². The largest absolute Gasteiger partial charge is 0.619 e. The Kier molecular flexibility index (Phi) is 11.8. The minimum Gasteiger partial charge on any atom is -0.619 e. The van der Waals surface area contributed by atoms with Gasteiger partial charge < -0.3 is 24.3 Å². The number of nitrogens with zero attached hydrogens (tertiary/aromatic N) is 3. The summed E-state index contributed by atoms with van der Waals surface area (Å²) >= 11 is 13.8. The van der Waals surface area contributed by atoms with Crippen LogP contribution < -0.4 is 14.2 Å². The Morgan fingerprint density at radius 3 is 2.43 bits per heavy atom. The van der Waals surface area contributed by atoms with Gasteiger partial charge in [-0.2, -0.15) is 17.8 Å². The van der Waals surface area contributed by atoms with Gasteiger partial charge in [0.2, 0.25) is 10.0 Å². The number of esters is 1. The van der Waals surface area contributed by atoms with Crippen molar-refractivity contribution in [2.75, 3.05) is 26.4 Å². The predicted molar refractivity (Wildman–Crippen MR) is 179 cm³/mol. The Hall–Kier alpha value is -3.37. The number of ether oxygens (including phenoxy) is 3. The molecule has 49 heavy (non-hydrogen) atoms. The lowest BCUT2D eigenvalue weighted by Crippen LogP contribution is -2.40. The number of rotatable bonds is 12. The van der Waals surface area contributed by atoms with Crippen LogP contribution in [-0.4, -0.2) is 74.0 Å². The molecule has 5 rings (SSSR count). The van der Waals surface area contributed by atoms with Crippen molar-refractivity contribution in [3.05, 3.63) is 86.8 Å². The molecule has 2 atom stereocenters. The number of alkyl halides is 2. The number of pyridine rings is 1. The number of carbonyl (C=O) groups excluding carboxylic acids is 2. The molecule has 0 N–H and O–H groups in total. The zero-order valence-electron chi connectivity index (χ0n) is 26.4. The van der Waals surface area contributed by atoms with Gasteiger partial charge in [0.25, 0.3) is 5.91 Å². The molecule has 11 nitrogen and oxygen atoms in total. The fourth-order valence-electron chi connectivity index (χ4n) is 5.60. The van der Waals surface area contributed by atoms with Gasteiger partial charge in [-0.15, -0.1) is 11.8 Å². The van der Waals surface area contributed by atoms with Crippen LogP contribution in [0.2, 0.25) is 10.0 Å². The van der Waals surface area contributed by atoms with Crippen molar-refractivity contribution in [2.45, 2.75) is 61.2 Å². The number of halogens is 4. The summed E-state index contributed by atoms with van der Waals surface area (Å²) in [5.74, 6) is -1.23. The summed E-state index contributed by atoms with van der Waals surface area (Å²) < 4.78 is 72.4. The lowest BCUT2D eigenvalue weighted by atomic mass is 10.0. The van der Waals surface area contributed by atoms with E-state index in [4.69, 9.17) is 37.4 Å². The molecule has 1 saturated heterocycles. The highest BCUT2D eigenvalue weighted by atomic mass is 35.5. The van der Waals surface area contributed by atoms with Crippen LogP contribution >= 0.6 is 35.0 Å². The third kappa shape index (κ3) is 8.69. The van der Waals surface area contributed by atoms with Gasteiger partial charge in [0, 0.05) is 43.9 Å². The second-order valence-corrected chi connectivity index (χ2v) is 15.5. The van der Waals surface area contributed by atoms with E-state index in [-0.39, 0.29) is 62.4 Å². The van der Waals surface area contributed by atoms with E-state index >= 15 is 0 Å². The monoisotopic (exact) mass is 759 g/mol. The molecule has 0 radical (unpaired) electrons. The quantitative estimate of drug-likeness (QED) is 0.127. The van der Waals surface area contributed by atoms with E-state index in [2.05, 4.69) is 0 Å². The van der Waals surface area contributed by atoms with Gasteiger partial charge in [-0.1, -0.05) is 35.3 Å². The molecular formula is C32H33Cl2F2N3O8S2. The Morgan fingerprint density at radius 1 is 1.08 bits per heavy atom. The van der Waals surface area contributed by atoms with Gasteiger partial charge in [0.1, 0.15) is 16.1 Å². The van der Waals surface area contributed by atoms with E-state index in [0.717, 1.165) is 54.1 Å². The summed E-state index contributed by atoms with van der Waals surface area (Å²) in [6.07, 6.45) is 3.82. The van der Waals surface area contributed by atoms with Crippen LogP contribution in [0.5, 0.6) is 11.5 Å². The summed E-state index contributed by atoms with van der Waals surface area (Å²) in [5, 5.41) is 10.6. The van der Waals surface area contributed by atoms with E-state index in [9.17, 15) is 32.0 Å². The van der Waals surface area contributed by atoms with E-state index in [0.29, 0.717) is 10.3 Å². The van der Waals surface area contributed by atoms with Crippen molar-refractivity contribution in [2.24, 2.45) is 0 Å². The van der Waals surface area contributed by atoms with Crippen LogP contribution in [0, 0.1) is 5.21 Å². The second kappa shape index (κ2) is 15.7. The molecule has 1 aliphatic carbocycles. The molecule has 1 aliphatic heterocycles. The molecular weight excluding hydrogens is 727 g/mol. The van der Waals surface area contributed by atoms with E-state index in [1.807, 2.05) is 0 Å². The van der Waals surface area contributed by atoms with Crippen molar-refractivity contribution in [3.63, 3.8) is 0 Å². The highest BCUT2D eigenvalue weighted by molar-refractivity contribution is 8.02. The number of hydrogen-bond donors (Lipinski definition) is 0. The molecule has 2 aromatic carbocycles. The average molecular weight is 761 g/mol. The number of sulfonamides is 1. The fourth-order valence-corrected chi connectivity index (χ4v) is 9.30. The summed E-state index contributed by atoms with van der Waals surface area (Å²) in [7, 11) is -1.19. The third-order valence-corrected chi connectivity index (χ3v) is 11.8. The molecule has 0 bridgehead atoms. The maximum absolute atomic E-state index is 13.9. The molecule has 17 heteroatoms. The summed E-state index contributed by atoms with van der Waals surface area (Å²) in [6.45, 7) is -3.14. The van der Waals surface area contributed by atoms with Crippen LogP contribution in [0.4, 0.5) is 8.78 Å². The second-order valence-electron chi connectivity index (χ2n) is 11.6. The Balaban J connectivity index is 1.48. The smallest absolute Gasteiger partial charge is 0.387 e. The highest BCUT2D eigenvalue weighted by Gasteiger charge is 2.42. The first-order chi connectivity index (χ1) is 23.2. The summed E-state index contributed by atoms with van der Waals surface area (Å²) in [5.41, 5.74) is 0.703. The van der Waals surface area contributed by atoms with Crippen LogP contribution in [-0.2, 0) is 26.0 Å². The van der Waals surface area contributed by atoms with Gasteiger partial charge in [-0.3, -0.25) is 4.79 Å². The summed E-state index contributed by atoms with van der Waals surface area (Å²) in [6, 6.07) is 9.65. The van der Waals surface area contributed by atoms with Crippen molar-refractivity contribution < 1.29 is 45.7 Å². The third-order valence-electron chi connectivity index (χ3n) is 8.00. The molecule has 1 amide bonds. The number of hydrogen-bond acceptors (Lipinski definition) is 9. The van der Waals surface area contributed by atoms with Crippen LogP contribution in [0.3, 0.4) is 0 Å². The zero-order valence-corrected chi connectivity index (χ0v) is 29.5. The molecule has 3 aromatic rings. The maximum Gasteiger partial charge on any atom is 0.387 e. The lowest BCUT2D eigenvalue weighted by molar-refractivity contribution is -0.605. The standard InChI is InChI=1S/C32H33Cl2F2N3O8S2/c1-37(2)29(40)20-6-5-9-22(14-20)49(43,44)39-12-13-48-30(39)31(41)46-27(16-23-24(33)17-38(42)18-25(23)34)19-10-11-26(47-32(35)36)28(15-19)45-21-7-3-4-8-21/h5-6,9-11,14-15,17-18,21,27,30,32H,3-4,7-8,12-13,16H2,1-2H3/t27-,30-/m0/s1. The van der Waals surface area contributed by atoms with Gasteiger partial charge in [-0.05, 0) is 61.6 Å². The van der Waals surface area contributed by atoms with Gasteiger partial charge in [-0.25, -0.2) is 13.2 Å². The van der Waals surface area contributed by atoms with E-state index in [1.165, 1.54) is 47.4 Å². The van der Waals surface area contributed by atoms with Crippen LogP contribution in [0.25, 0.3) is 0 Å². The number of carbonyl (C=O) groups is 2. The number of benzene rings is 2. The molecule has 264 valence electrons. The molecule has 0 spiro atoms. The number of thioether (sulfide) groups is 1.